The fourth-order valence-corrected chi connectivity index (χ4v) is 2.99. The van der Waals surface area contributed by atoms with Crippen LogP contribution in [-0.2, 0) is 16.0 Å². The van der Waals surface area contributed by atoms with Crippen LogP contribution in [0.2, 0.25) is 0 Å². The first-order valence-corrected chi connectivity index (χ1v) is 8.34. The predicted octanol–water partition coefficient (Wildman–Crippen LogP) is 2.88. The Hall–Kier alpha value is -2.77. The van der Waals surface area contributed by atoms with Crippen LogP contribution in [0, 0.1) is 17.6 Å². The van der Waals surface area contributed by atoms with Crippen molar-refractivity contribution >= 4 is 11.9 Å². The highest BCUT2D eigenvalue weighted by Crippen LogP contribution is 2.25. The molecule has 1 aromatic heterocycles. The number of benzene rings is 1. The van der Waals surface area contributed by atoms with Gasteiger partial charge in [0.1, 0.15) is 11.6 Å². The number of carbonyl (C=O) groups is 2. The van der Waals surface area contributed by atoms with E-state index in [1.54, 1.807) is 4.90 Å². The highest BCUT2D eigenvalue weighted by molar-refractivity contribution is 5.77. The Balaban J connectivity index is 1.55. The zero-order valence-electron chi connectivity index (χ0n) is 14.0. The van der Waals surface area contributed by atoms with Gasteiger partial charge in [-0.3, -0.25) is 9.59 Å². The van der Waals surface area contributed by atoms with Gasteiger partial charge in [0, 0.05) is 32.0 Å². The number of rotatable bonds is 5. The van der Waals surface area contributed by atoms with Crippen LogP contribution in [0.1, 0.15) is 25.2 Å². The predicted molar refractivity (Wildman–Crippen MR) is 87.1 cm³/mol. The van der Waals surface area contributed by atoms with Gasteiger partial charge >= 0.3 is 5.97 Å². The molecule has 2 aromatic rings. The summed E-state index contributed by atoms with van der Waals surface area (Å²) in [5, 5.41) is 8.97. The summed E-state index contributed by atoms with van der Waals surface area (Å²) >= 11 is 0. The molecular formula is C18H18F2N2O4. The molecule has 2 heterocycles. The van der Waals surface area contributed by atoms with Crippen molar-refractivity contribution in [1.82, 2.24) is 9.88 Å². The monoisotopic (exact) mass is 364 g/mol. The van der Waals surface area contributed by atoms with E-state index in [9.17, 15) is 18.4 Å². The van der Waals surface area contributed by atoms with Crippen LogP contribution in [0.4, 0.5) is 8.78 Å². The molecule has 1 aliphatic heterocycles. The summed E-state index contributed by atoms with van der Waals surface area (Å²) in [6, 6.07) is 3.17. The van der Waals surface area contributed by atoms with E-state index >= 15 is 0 Å². The zero-order valence-corrected chi connectivity index (χ0v) is 14.0. The van der Waals surface area contributed by atoms with Crippen molar-refractivity contribution in [2.75, 3.05) is 13.1 Å². The average molecular weight is 364 g/mol. The van der Waals surface area contributed by atoms with Gasteiger partial charge in [0.05, 0.1) is 17.7 Å². The molecule has 1 aliphatic rings. The lowest BCUT2D eigenvalue weighted by Gasteiger charge is -2.30. The van der Waals surface area contributed by atoms with E-state index in [2.05, 4.69) is 4.98 Å². The number of hydrogen-bond acceptors (Lipinski definition) is 4. The molecule has 0 spiro atoms. The number of carboxylic acid groups (broad SMARTS) is 1. The van der Waals surface area contributed by atoms with Gasteiger partial charge < -0.3 is 14.4 Å². The number of carbonyl (C=O) groups excluding carboxylic acids is 1. The maximum atomic E-state index is 13.8. The smallest absolute Gasteiger partial charge is 0.306 e. The van der Waals surface area contributed by atoms with Gasteiger partial charge in [-0.25, -0.2) is 13.8 Å². The largest absolute Gasteiger partial charge is 0.481 e. The maximum Gasteiger partial charge on any atom is 0.306 e. The molecule has 1 saturated heterocycles. The Morgan fingerprint density at radius 2 is 2.00 bits per heavy atom. The van der Waals surface area contributed by atoms with Crippen molar-refractivity contribution in [3.63, 3.8) is 0 Å². The van der Waals surface area contributed by atoms with Crippen LogP contribution in [0.25, 0.3) is 11.3 Å². The molecule has 0 bridgehead atoms. The molecule has 3 rings (SSSR count). The highest BCUT2D eigenvalue weighted by Gasteiger charge is 2.26. The van der Waals surface area contributed by atoms with Gasteiger partial charge in [-0.2, -0.15) is 0 Å². The Labute approximate surface area is 148 Å². The standard InChI is InChI=1S/C18H18F2N2O4/c19-12-1-2-13(14(20)9-12)15-10-21-16(26-15)3-4-17(23)22-7-5-11(6-8-22)18(24)25/h1-2,9-11H,3-8H2,(H,24,25). The Bertz CT molecular complexity index is 813. The van der Waals surface area contributed by atoms with E-state index in [4.69, 9.17) is 9.52 Å². The number of amides is 1. The second-order valence-electron chi connectivity index (χ2n) is 6.24. The number of aryl methyl sites for hydroxylation is 1. The number of piperidine rings is 1. The number of oxazole rings is 1. The number of hydrogen-bond donors (Lipinski definition) is 1. The summed E-state index contributed by atoms with van der Waals surface area (Å²) in [6.07, 6.45) is 2.67. The number of halogens is 2. The van der Waals surface area contributed by atoms with Crippen LogP contribution in [0.5, 0.6) is 0 Å². The van der Waals surface area contributed by atoms with Gasteiger partial charge in [0.15, 0.2) is 11.7 Å². The zero-order chi connectivity index (χ0) is 18.7. The molecule has 138 valence electrons. The van der Waals surface area contributed by atoms with Gasteiger partial charge in [0.25, 0.3) is 0 Å². The number of aromatic nitrogens is 1. The van der Waals surface area contributed by atoms with Gasteiger partial charge in [0.2, 0.25) is 5.91 Å². The third-order valence-electron chi connectivity index (χ3n) is 4.50. The minimum absolute atomic E-state index is 0.0958. The Morgan fingerprint density at radius 1 is 1.27 bits per heavy atom. The normalized spacial score (nSPS) is 15.2. The summed E-state index contributed by atoms with van der Waals surface area (Å²) in [7, 11) is 0. The second-order valence-corrected chi connectivity index (χ2v) is 6.24. The third kappa shape index (κ3) is 4.07. The highest BCUT2D eigenvalue weighted by atomic mass is 19.1. The van der Waals surface area contributed by atoms with Crippen molar-refractivity contribution in [3.05, 3.63) is 41.9 Å². The summed E-state index contributed by atoms with van der Waals surface area (Å²) < 4.78 is 32.2. The van der Waals surface area contributed by atoms with E-state index in [0.717, 1.165) is 12.1 Å². The van der Waals surface area contributed by atoms with Crippen LogP contribution < -0.4 is 0 Å². The average Bonchev–Trinajstić information content (AvgIpc) is 3.08. The van der Waals surface area contributed by atoms with E-state index in [0.29, 0.717) is 25.9 Å². The lowest BCUT2D eigenvalue weighted by atomic mass is 9.97. The molecule has 1 N–H and O–H groups in total. The fraction of sp³-hybridized carbons (Fsp3) is 0.389. The van der Waals surface area contributed by atoms with E-state index in [1.165, 1.54) is 12.3 Å². The molecule has 1 fully saturated rings. The number of carboxylic acids is 1. The van der Waals surface area contributed by atoms with Gasteiger partial charge in [-0.15, -0.1) is 0 Å². The first kappa shape index (κ1) is 18.0. The van der Waals surface area contributed by atoms with Crippen molar-refractivity contribution in [2.24, 2.45) is 5.92 Å². The maximum absolute atomic E-state index is 13.8. The summed E-state index contributed by atoms with van der Waals surface area (Å²) in [6.45, 7) is 0.848. The molecule has 0 saturated carbocycles. The van der Waals surface area contributed by atoms with Crippen molar-refractivity contribution in [1.29, 1.82) is 0 Å². The summed E-state index contributed by atoms with van der Waals surface area (Å²) in [4.78, 5) is 28.8. The first-order chi connectivity index (χ1) is 12.4. The van der Waals surface area contributed by atoms with Crippen LogP contribution in [0.3, 0.4) is 0 Å². The van der Waals surface area contributed by atoms with Gasteiger partial charge in [-0.05, 0) is 25.0 Å². The molecule has 0 unspecified atom stereocenters. The first-order valence-electron chi connectivity index (χ1n) is 8.34. The SMILES string of the molecule is O=C(O)C1CCN(C(=O)CCc2ncc(-c3ccc(F)cc3F)o2)CC1. The van der Waals surface area contributed by atoms with Crippen LogP contribution in [0.15, 0.2) is 28.8 Å². The van der Waals surface area contributed by atoms with Crippen molar-refractivity contribution < 1.29 is 27.9 Å². The molecule has 6 nitrogen and oxygen atoms in total. The van der Waals surface area contributed by atoms with E-state index in [1.807, 2.05) is 0 Å². The van der Waals surface area contributed by atoms with E-state index < -0.39 is 17.6 Å². The molecule has 1 amide bonds. The van der Waals surface area contributed by atoms with E-state index in [-0.39, 0.29) is 41.9 Å². The lowest BCUT2D eigenvalue weighted by Crippen LogP contribution is -2.40. The Kier molecular flexibility index (Phi) is 5.29. The molecule has 0 radical (unpaired) electrons. The van der Waals surface area contributed by atoms with Crippen molar-refractivity contribution in [3.8, 4) is 11.3 Å². The minimum atomic E-state index is -0.822. The summed E-state index contributed by atoms with van der Waals surface area (Å²) in [5.41, 5.74) is 0.104. The van der Waals surface area contributed by atoms with Gasteiger partial charge in [-0.1, -0.05) is 0 Å². The van der Waals surface area contributed by atoms with Crippen LogP contribution >= 0.6 is 0 Å². The number of likely N-dealkylation sites (tertiary alicyclic amines) is 1. The fourth-order valence-electron chi connectivity index (χ4n) is 2.99. The third-order valence-corrected chi connectivity index (χ3v) is 4.50. The molecule has 1 aromatic carbocycles. The quantitative estimate of drug-likeness (QED) is 0.882. The number of nitrogens with zero attached hydrogens (tertiary/aromatic N) is 2. The number of aliphatic carboxylic acids is 1. The second kappa shape index (κ2) is 7.63. The van der Waals surface area contributed by atoms with Crippen LogP contribution in [-0.4, -0.2) is 40.0 Å². The Morgan fingerprint density at radius 3 is 2.65 bits per heavy atom. The molecule has 8 heteroatoms. The lowest BCUT2D eigenvalue weighted by molar-refractivity contribution is -0.145. The molecule has 26 heavy (non-hydrogen) atoms. The topological polar surface area (TPSA) is 83.6 Å². The minimum Gasteiger partial charge on any atom is -0.481 e. The summed E-state index contributed by atoms with van der Waals surface area (Å²) in [5.74, 6) is -2.27. The molecular weight excluding hydrogens is 346 g/mol. The molecule has 0 atom stereocenters. The van der Waals surface area contributed by atoms with Crippen molar-refractivity contribution in [2.45, 2.75) is 25.7 Å². The molecule has 0 aliphatic carbocycles.